The first-order chi connectivity index (χ1) is 8.13. The third-order valence-corrected chi connectivity index (χ3v) is 3.72. The van der Waals surface area contributed by atoms with Gasteiger partial charge >= 0.3 is 0 Å². The first kappa shape index (κ1) is 12.1. The van der Waals surface area contributed by atoms with Crippen LogP contribution in [0, 0.1) is 5.92 Å². The minimum absolute atomic E-state index is 0.540. The van der Waals surface area contributed by atoms with Crippen LogP contribution in [0.1, 0.15) is 39.2 Å². The molecule has 1 fully saturated rings. The summed E-state index contributed by atoms with van der Waals surface area (Å²) in [6, 6.07) is 0.540. The fourth-order valence-corrected chi connectivity index (χ4v) is 2.72. The van der Waals surface area contributed by atoms with Crippen molar-refractivity contribution in [2.45, 2.75) is 46.1 Å². The Bertz CT molecular complexity index is 391. The minimum Gasteiger partial charge on any atom is -0.383 e. The average Bonchev–Trinajstić information content (AvgIpc) is 2.29. The largest absolute Gasteiger partial charge is 0.383 e. The molecule has 2 rings (SSSR count). The van der Waals surface area contributed by atoms with Crippen molar-refractivity contribution in [1.29, 1.82) is 0 Å². The van der Waals surface area contributed by atoms with E-state index in [1.807, 2.05) is 0 Å². The highest BCUT2D eigenvalue weighted by molar-refractivity contribution is 5.57. The second kappa shape index (κ2) is 4.90. The standard InChI is InChI=1S/C13H22N4/c1-4-11-12(14)15-8-16-13(11)17-6-5-9(2)7-10(17)3/h8-10H,4-7H2,1-3H3,(H2,14,15,16). The van der Waals surface area contributed by atoms with Crippen molar-refractivity contribution in [2.75, 3.05) is 17.2 Å². The molecule has 0 aliphatic carbocycles. The lowest BCUT2D eigenvalue weighted by Crippen LogP contribution is -2.41. The van der Waals surface area contributed by atoms with Crippen LogP contribution in [0.2, 0.25) is 0 Å². The van der Waals surface area contributed by atoms with Gasteiger partial charge in [0.2, 0.25) is 0 Å². The van der Waals surface area contributed by atoms with E-state index in [1.54, 1.807) is 6.33 Å². The van der Waals surface area contributed by atoms with E-state index in [0.29, 0.717) is 11.9 Å². The second-order valence-electron chi connectivity index (χ2n) is 5.09. The molecule has 2 unspecified atom stereocenters. The Morgan fingerprint density at radius 1 is 1.41 bits per heavy atom. The predicted octanol–water partition coefficient (Wildman–Crippen LogP) is 2.25. The van der Waals surface area contributed by atoms with Gasteiger partial charge < -0.3 is 10.6 Å². The summed E-state index contributed by atoms with van der Waals surface area (Å²) in [6.45, 7) is 7.78. The second-order valence-corrected chi connectivity index (χ2v) is 5.09. The van der Waals surface area contributed by atoms with Crippen LogP contribution in [-0.4, -0.2) is 22.6 Å². The lowest BCUT2D eigenvalue weighted by atomic mass is 9.93. The molecule has 1 aromatic rings. The number of piperidine rings is 1. The van der Waals surface area contributed by atoms with Gasteiger partial charge in [-0.05, 0) is 32.1 Å². The first-order valence-corrected chi connectivity index (χ1v) is 6.49. The van der Waals surface area contributed by atoms with Crippen molar-refractivity contribution in [3.63, 3.8) is 0 Å². The number of anilines is 2. The van der Waals surface area contributed by atoms with Crippen molar-refractivity contribution >= 4 is 11.6 Å². The molecule has 4 heteroatoms. The number of rotatable bonds is 2. The number of nitrogens with zero attached hydrogens (tertiary/aromatic N) is 3. The number of hydrogen-bond donors (Lipinski definition) is 1. The van der Waals surface area contributed by atoms with E-state index in [2.05, 4.69) is 35.6 Å². The third-order valence-electron chi connectivity index (χ3n) is 3.72. The van der Waals surface area contributed by atoms with Gasteiger partial charge in [-0.3, -0.25) is 0 Å². The molecule has 94 valence electrons. The van der Waals surface area contributed by atoms with Crippen LogP contribution in [0.3, 0.4) is 0 Å². The van der Waals surface area contributed by atoms with Crippen molar-refractivity contribution in [2.24, 2.45) is 5.92 Å². The van der Waals surface area contributed by atoms with Gasteiger partial charge in [0, 0.05) is 18.2 Å². The maximum absolute atomic E-state index is 5.93. The third kappa shape index (κ3) is 2.35. The molecule has 1 aliphatic heterocycles. The Kier molecular flexibility index (Phi) is 3.50. The normalized spacial score (nSPS) is 25.0. The van der Waals surface area contributed by atoms with Crippen LogP contribution in [0.15, 0.2) is 6.33 Å². The first-order valence-electron chi connectivity index (χ1n) is 6.49. The molecular formula is C13H22N4. The Hall–Kier alpha value is -1.32. The van der Waals surface area contributed by atoms with Crippen LogP contribution >= 0.6 is 0 Å². The van der Waals surface area contributed by atoms with E-state index >= 15 is 0 Å². The molecule has 0 spiro atoms. The van der Waals surface area contributed by atoms with Crippen molar-refractivity contribution in [3.8, 4) is 0 Å². The Morgan fingerprint density at radius 2 is 2.18 bits per heavy atom. The van der Waals surface area contributed by atoms with Crippen LogP contribution in [0.5, 0.6) is 0 Å². The fourth-order valence-electron chi connectivity index (χ4n) is 2.72. The van der Waals surface area contributed by atoms with E-state index in [0.717, 1.165) is 30.3 Å². The molecule has 1 aliphatic rings. The van der Waals surface area contributed by atoms with Gasteiger partial charge in [0.25, 0.3) is 0 Å². The lowest BCUT2D eigenvalue weighted by molar-refractivity contribution is 0.375. The summed E-state index contributed by atoms with van der Waals surface area (Å²) in [5.41, 5.74) is 7.03. The molecule has 4 nitrogen and oxygen atoms in total. The zero-order chi connectivity index (χ0) is 12.4. The van der Waals surface area contributed by atoms with E-state index in [9.17, 15) is 0 Å². The fraction of sp³-hybridized carbons (Fsp3) is 0.692. The topological polar surface area (TPSA) is 55.0 Å². The summed E-state index contributed by atoms with van der Waals surface area (Å²) in [6.07, 6.45) is 4.93. The number of hydrogen-bond acceptors (Lipinski definition) is 4. The summed E-state index contributed by atoms with van der Waals surface area (Å²) in [5, 5.41) is 0. The number of nitrogens with two attached hydrogens (primary N) is 1. The molecule has 0 saturated carbocycles. The zero-order valence-corrected chi connectivity index (χ0v) is 11.0. The predicted molar refractivity (Wildman–Crippen MR) is 71.0 cm³/mol. The maximum Gasteiger partial charge on any atom is 0.137 e. The molecule has 2 heterocycles. The van der Waals surface area contributed by atoms with Gasteiger partial charge in [0.1, 0.15) is 18.0 Å². The molecular weight excluding hydrogens is 212 g/mol. The lowest BCUT2D eigenvalue weighted by Gasteiger charge is -2.38. The van der Waals surface area contributed by atoms with E-state index in [-0.39, 0.29) is 0 Å². The van der Waals surface area contributed by atoms with Gasteiger partial charge in [-0.2, -0.15) is 0 Å². The highest BCUT2D eigenvalue weighted by Crippen LogP contribution is 2.30. The van der Waals surface area contributed by atoms with Crippen LogP contribution < -0.4 is 10.6 Å². The quantitative estimate of drug-likeness (QED) is 0.852. The van der Waals surface area contributed by atoms with Gasteiger partial charge in [-0.25, -0.2) is 9.97 Å². The molecule has 2 atom stereocenters. The summed E-state index contributed by atoms with van der Waals surface area (Å²) < 4.78 is 0. The Balaban J connectivity index is 2.30. The maximum atomic E-state index is 5.93. The number of aromatic nitrogens is 2. The molecule has 1 saturated heterocycles. The van der Waals surface area contributed by atoms with Crippen molar-refractivity contribution in [1.82, 2.24) is 9.97 Å². The van der Waals surface area contributed by atoms with Crippen molar-refractivity contribution in [3.05, 3.63) is 11.9 Å². The van der Waals surface area contributed by atoms with Crippen LogP contribution in [0.4, 0.5) is 11.6 Å². The highest BCUT2D eigenvalue weighted by Gasteiger charge is 2.25. The van der Waals surface area contributed by atoms with E-state index in [4.69, 9.17) is 5.73 Å². The highest BCUT2D eigenvalue weighted by atomic mass is 15.2. The van der Waals surface area contributed by atoms with E-state index in [1.165, 1.54) is 12.8 Å². The molecule has 17 heavy (non-hydrogen) atoms. The zero-order valence-electron chi connectivity index (χ0n) is 11.0. The van der Waals surface area contributed by atoms with Crippen molar-refractivity contribution < 1.29 is 0 Å². The Labute approximate surface area is 103 Å². The molecule has 0 amide bonds. The van der Waals surface area contributed by atoms with Gasteiger partial charge in [-0.15, -0.1) is 0 Å². The van der Waals surface area contributed by atoms with Crippen LogP contribution in [0.25, 0.3) is 0 Å². The van der Waals surface area contributed by atoms with Gasteiger partial charge in [0.15, 0.2) is 0 Å². The summed E-state index contributed by atoms with van der Waals surface area (Å²) in [5.74, 6) is 2.48. The smallest absolute Gasteiger partial charge is 0.137 e. The average molecular weight is 234 g/mol. The number of nitrogen functional groups attached to an aromatic ring is 1. The summed E-state index contributed by atoms with van der Waals surface area (Å²) in [4.78, 5) is 10.9. The van der Waals surface area contributed by atoms with E-state index < -0.39 is 0 Å². The molecule has 1 aromatic heterocycles. The van der Waals surface area contributed by atoms with Crippen LogP contribution in [-0.2, 0) is 6.42 Å². The molecule has 0 radical (unpaired) electrons. The SMILES string of the molecule is CCc1c(N)ncnc1N1CCC(C)CC1C. The minimum atomic E-state index is 0.540. The monoisotopic (exact) mass is 234 g/mol. The Morgan fingerprint density at radius 3 is 2.82 bits per heavy atom. The molecule has 0 bridgehead atoms. The van der Waals surface area contributed by atoms with Gasteiger partial charge in [-0.1, -0.05) is 13.8 Å². The summed E-state index contributed by atoms with van der Waals surface area (Å²) >= 11 is 0. The van der Waals surface area contributed by atoms with Gasteiger partial charge in [0.05, 0.1) is 0 Å². The molecule has 2 N–H and O–H groups in total. The molecule has 0 aromatic carbocycles. The summed E-state index contributed by atoms with van der Waals surface area (Å²) in [7, 11) is 0.